The van der Waals surface area contributed by atoms with Crippen LogP contribution in [0.25, 0.3) is 0 Å². The molecule has 9 nitrogen and oxygen atoms in total. The van der Waals surface area contributed by atoms with Gasteiger partial charge < -0.3 is 14.8 Å². The second-order valence-electron chi connectivity index (χ2n) is 8.21. The van der Waals surface area contributed by atoms with E-state index in [1.807, 2.05) is 31.2 Å². The first-order valence-corrected chi connectivity index (χ1v) is 12.8. The van der Waals surface area contributed by atoms with Gasteiger partial charge in [0.05, 0.1) is 24.7 Å². The number of morpholine rings is 1. The van der Waals surface area contributed by atoms with E-state index in [4.69, 9.17) is 9.47 Å². The first-order valence-electron chi connectivity index (χ1n) is 11.3. The summed E-state index contributed by atoms with van der Waals surface area (Å²) in [6.07, 6.45) is 0.247. The molecular formula is C24H29N3O6S. The van der Waals surface area contributed by atoms with Crippen molar-refractivity contribution in [1.29, 1.82) is 0 Å². The Hall–Kier alpha value is -2.95. The lowest BCUT2D eigenvalue weighted by Crippen LogP contribution is -2.47. The van der Waals surface area contributed by atoms with Crippen LogP contribution in [0, 0.1) is 0 Å². The molecule has 0 bridgehead atoms. The van der Waals surface area contributed by atoms with Crippen LogP contribution in [0.3, 0.4) is 0 Å². The van der Waals surface area contributed by atoms with Gasteiger partial charge in [-0.1, -0.05) is 12.1 Å². The smallest absolute Gasteiger partial charge is 0.243 e. The molecule has 0 unspecified atom stereocenters. The van der Waals surface area contributed by atoms with E-state index >= 15 is 0 Å². The predicted molar refractivity (Wildman–Crippen MR) is 126 cm³/mol. The van der Waals surface area contributed by atoms with Crippen molar-refractivity contribution in [2.45, 2.75) is 37.8 Å². The van der Waals surface area contributed by atoms with E-state index in [9.17, 15) is 18.0 Å². The SMILES string of the molecule is CCOc1ccc(CNC(=O)[C@H]2Cc3cc(S(=O)(=O)N4CCOCC4)ccc3N2C(C)=O)cc1. The predicted octanol–water partition coefficient (Wildman–Crippen LogP) is 1.70. The minimum absolute atomic E-state index is 0.159. The Morgan fingerprint density at radius 3 is 2.47 bits per heavy atom. The van der Waals surface area contributed by atoms with Gasteiger partial charge in [0.25, 0.3) is 0 Å². The zero-order valence-corrected chi connectivity index (χ0v) is 20.1. The topological polar surface area (TPSA) is 105 Å². The van der Waals surface area contributed by atoms with Crippen LogP contribution in [-0.4, -0.2) is 63.5 Å². The molecule has 2 aliphatic heterocycles. The molecule has 1 fully saturated rings. The molecule has 4 rings (SSSR count). The summed E-state index contributed by atoms with van der Waals surface area (Å²) in [5.74, 6) is 0.191. The number of carbonyl (C=O) groups excluding carboxylic acids is 2. The van der Waals surface area contributed by atoms with Crippen LogP contribution < -0.4 is 15.0 Å². The lowest BCUT2D eigenvalue weighted by Gasteiger charge is -2.26. The molecule has 2 heterocycles. The van der Waals surface area contributed by atoms with Gasteiger partial charge in [-0.15, -0.1) is 0 Å². The van der Waals surface area contributed by atoms with Crippen LogP contribution in [0.5, 0.6) is 5.75 Å². The first-order chi connectivity index (χ1) is 16.3. The highest BCUT2D eigenvalue weighted by atomic mass is 32.2. The largest absolute Gasteiger partial charge is 0.494 e. The van der Waals surface area contributed by atoms with Gasteiger partial charge in [0.15, 0.2) is 0 Å². The number of sulfonamides is 1. The molecule has 10 heteroatoms. The lowest BCUT2D eigenvalue weighted by atomic mass is 10.1. The van der Waals surface area contributed by atoms with Gasteiger partial charge in [0.2, 0.25) is 21.8 Å². The molecule has 1 N–H and O–H groups in total. The Balaban J connectivity index is 1.49. The van der Waals surface area contributed by atoms with Crippen molar-refractivity contribution in [3.05, 3.63) is 53.6 Å². The van der Waals surface area contributed by atoms with Crippen LogP contribution in [0.15, 0.2) is 47.4 Å². The molecule has 0 aromatic heterocycles. The molecule has 182 valence electrons. The molecule has 1 atom stereocenters. The van der Waals surface area contributed by atoms with Gasteiger partial charge in [-0.2, -0.15) is 4.31 Å². The number of fused-ring (bicyclic) bond motifs is 1. The number of hydrogen-bond donors (Lipinski definition) is 1. The van der Waals surface area contributed by atoms with Crippen molar-refractivity contribution in [2.24, 2.45) is 0 Å². The van der Waals surface area contributed by atoms with E-state index < -0.39 is 16.1 Å². The monoisotopic (exact) mass is 487 g/mol. The average molecular weight is 488 g/mol. The summed E-state index contributed by atoms with van der Waals surface area (Å²) in [6, 6.07) is 11.4. The standard InChI is InChI=1S/C24H29N3O6S/c1-3-33-20-6-4-18(5-7-20)16-25-24(29)23-15-19-14-21(8-9-22(19)27(23)17(2)28)34(30,31)26-10-12-32-13-11-26/h4-9,14,23H,3,10-13,15-16H2,1-2H3,(H,25,29)/t23-/m1/s1. The zero-order valence-electron chi connectivity index (χ0n) is 19.3. The molecule has 0 spiro atoms. The van der Waals surface area contributed by atoms with Crippen molar-refractivity contribution >= 4 is 27.5 Å². The fourth-order valence-corrected chi connectivity index (χ4v) is 5.76. The van der Waals surface area contributed by atoms with Gasteiger partial charge >= 0.3 is 0 Å². The van der Waals surface area contributed by atoms with Crippen molar-refractivity contribution < 1.29 is 27.5 Å². The fraction of sp³-hybridized carbons (Fsp3) is 0.417. The number of anilines is 1. The van der Waals surface area contributed by atoms with Gasteiger partial charge in [0, 0.05) is 38.7 Å². The second kappa shape index (κ2) is 10.1. The summed E-state index contributed by atoms with van der Waals surface area (Å²) >= 11 is 0. The summed E-state index contributed by atoms with van der Waals surface area (Å²) in [4.78, 5) is 27.0. The summed E-state index contributed by atoms with van der Waals surface area (Å²) < 4.78 is 38.2. The highest BCUT2D eigenvalue weighted by molar-refractivity contribution is 7.89. The Labute approximate surface area is 199 Å². The van der Waals surface area contributed by atoms with E-state index in [-0.39, 0.29) is 23.1 Å². The third kappa shape index (κ3) is 4.94. The Morgan fingerprint density at radius 1 is 1.12 bits per heavy atom. The van der Waals surface area contributed by atoms with Gasteiger partial charge in [-0.25, -0.2) is 8.42 Å². The van der Waals surface area contributed by atoms with E-state index in [0.717, 1.165) is 11.3 Å². The summed E-state index contributed by atoms with van der Waals surface area (Å²) in [6.45, 7) is 5.52. The molecule has 2 aromatic carbocycles. The molecule has 0 aliphatic carbocycles. The Bertz CT molecular complexity index is 1160. The summed E-state index contributed by atoms with van der Waals surface area (Å²) in [5.41, 5.74) is 2.13. The van der Waals surface area contributed by atoms with E-state index in [2.05, 4.69) is 5.32 Å². The van der Waals surface area contributed by atoms with Crippen molar-refractivity contribution in [3.63, 3.8) is 0 Å². The number of nitrogens with one attached hydrogen (secondary N) is 1. The molecule has 1 saturated heterocycles. The van der Waals surface area contributed by atoms with Gasteiger partial charge in [-0.3, -0.25) is 14.5 Å². The maximum absolute atomic E-state index is 13.0. The minimum Gasteiger partial charge on any atom is -0.494 e. The van der Waals surface area contributed by atoms with Crippen LogP contribution >= 0.6 is 0 Å². The third-order valence-electron chi connectivity index (χ3n) is 5.99. The quantitative estimate of drug-likeness (QED) is 0.637. The van der Waals surface area contributed by atoms with Crippen molar-refractivity contribution in [1.82, 2.24) is 9.62 Å². The van der Waals surface area contributed by atoms with Crippen LogP contribution in [-0.2, 0) is 37.3 Å². The number of benzene rings is 2. The highest BCUT2D eigenvalue weighted by Gasteiger charge is 2.38. The summed E-state index contributed by atoms with van der Waals surface area (Å²) in [5, 5.41) is 2.89. The van der Waals surface area contributed by atoms with E-state index in [1.165, 1.54) is 22.2 Å². The third-order valence-corrected chi connectivity index (χ3v) is 7.88. The fourth-order valence-electron chi connectivity index (χ4n) is 4.30. The number of nitrogens with zero attached hydrogens (tertiary/aromatic N) is 2. The number of rotatable bonds is 7. The highest BCUT2D eigenvalue weighted by Crippen LogP contribution is 2.35. The lowest BCUT2D eigenvalue weighted by molar-refractivity contribution is -0.125. The van der Waals surface area contributed by atoms with Crippen LogP contribution in [0.1, 0.15) is 25.0 Å². The van der Waals surface area contributed by atoms with E-state index in [0.29, 0.717) is 50.7 Å². The molecule has 0 saturated carbocycles. The van der Waals surface area contributed by atoms with E-state index in [1.54, 1.807) is 12.1 Å². The zero-order chi connectivity index (χ0) is 24.3. The molecule has 34 heavy (non-hydrogen) atoms. The first kappa shape index (κ1) is 24.2. The van der Waals surface area contributed by atoms with Crippen molar-refractivity contribution in [3.8, 4) is 5.75 Å². The number of amides is 2. The number of carbonyl (C=O) groups is 2. The Morgan fingerprint density at radius 2 is 1.82 bits per heavy atom. The summed E-state index contributed by atoms with van der Waals surface area (Å²) in [7, 11) is -3.67. The average Bonchev–Trinajstić information content (AvgIpc) is 3.23. The van der Waals surface area contributed by atoms with Gasteiger partial charge in [0.1, 0.15) is 11.8 Å². The minimum atomic E-state index is -3.67. The molecule has 2 aliphatic rings. The second-order valence-corrected chi connectivity index (χ2v) is 10.1. The Kier molecular flexibility index (Phi) is 7.20. The number of ether oxygens (including phenoxy) is 2. The number of hydrogen-bond acceptors (Lipinski definition) is 6. The molecular weight excluding hydrogens is 458 g/mol. The van der Waals surface area contributed by atoms with Crippen LogP contribution in [0.2, 0.25) is 0 Å². The maximum Gasteiger partial charge on any atom is 0.243 e. The normalized spacial score (nSPS) is 18.4. The van der Waals surface area contributed by atoms with Gasteiger partial charge in [-0.05, 0) is 48.4 Å². The van der Waals surface area contributed by atoms with Crippen LogP contribution in [0.4, 0.5) is 5.69 Å². The maximum atomic E-state index is 13.0. The molecule has 2 amide bonds. The molecule has 0 radical (unpaired) electrons. The van der Waals surface area contributed by atoms with Crippen molar-refractivity contribution in [2.75, 3.05) is 37.8 Å². The molecule has 2 aromatic rings.